The molecule has 1 aliphatic rings. The van der Waals surface area contributed by atoms with Crippen LogP contribution in [0, 0.1) is 27.7 Å². The molecule has 0 saturated carbocycles. The maximum Gasteiger partial charge on any atom is 0.261 e. The van der Waals surface area contributed by atoms with Gasteiger partial charge in [-0.2, -0.15) is 0 Å². The summed E-state index contributed by atoms with van der Waals surface area (Å²) in [6.45, 7) is 7.44. The van der Waals surface area contributed by atoms with Gasteiger partial charge in [-0.15, -0.1) is 0 Å². The summed E-state index contributed by atoms with van der Waals surface area (Å²) in [5.41, 5.74) is 6.55. The van der Waals surface area contributed by atoms with E-state index < -0.39 is 20.0 Å². The fraction of sp³-hybridized carbons (Fsp3) is 0.138. The molecule has 5 rings (SSSR count). The molecule has 0 aromatic heterocycles. The van der Waals surface area contributed by atoms with Gasteiger partial charge in [0.25, 0.3) is 20.0 Å². The van der Waals surface area contributed by atoms with Crippen LogP contribution in [0.3, 0.4) is 0 Å². The van der Waals surface area contributed by atoms with Crippen molar-refractivity contribution in [1.29, 1.82) is 0 Å². The van der Waals surface area contributed by atoms with Crippen LogP contribution in [0.2, 0.25) is 0 Å². The minimum Gasteiger partial charge on any atom is -0.410 e. The molecule has 8 nitrogen and oxygen atoms in total. The van der Waals surface area contributed by atoms with E-state index in [4.69, 9.17) is 0 Å². The highest BCUT2D eigenvalue weighted by atomic mass is 32.2. The van der Waals surface area contributed by atoms with Gasteiger partial charge < -0.3 is 5.21 Å². The smallest absolute Gasteiger partial charge is 0.261 e. The Morgan fingerprint density at radius 1 is 0.564 bits per heavy atom. The van der Waals surface area contributed by atoms with E-state index in [2.05, 4.69) is 14.6 Å². The van der Waals surface area contributed by atoms with Crippen molar-refractivity contribution in [3.05, 3.63) is 106 Å². The maximum absolute atomic E-state index is 13.2. The van der Waals surface area contributed by atoms with Crippen LogP contribution >= 0.6 is 0 Å². The molecule has 0 saturated heterocycles. The van der Waals surface area contributed by atoms with E-state index in [1.807, 2.05) is 52.0 Å². The Morgan fingerprint density at radius 3 is 1.62 bits per heavy atom. The first-order valence-corrected chi connectivity index (χ1v) is 15.1. The molecule has 39 heavy (non-hydrogen) atoms. The lowest BCUT2D eigenvalue weighted by Crippen LogP contribution is -2.15. The molecule has 0 atom stereocenters. The van der Waals surface area contributed by atoms with Gasteiger partial charge in [-0.1, -0.05) is 47.1 Å². The normalized spacial score (nSPS) is 13.7. The van der Waals surface area contributed by atoms with Crippen LogP contribution < -0.4 is 9.44 Å². The van der Waals surface area contributed by atoms with Gasteiger partial charge in [-0.05, 0) is 91.9 Å². The fourth-order valence-electron chi connectivity index (χ4n) is 4.68. The van der Waals surface area contributed by atoms with E-state index in [1.165, 1.54) is 24.3 Å². The van der Waals surface area contributed by atoms with Crippen LogP contribution in [0.1, 0.15) is 33.4 Å². The van der Waals surface area contributed by atoms with Crippen LogP contribution in [-0.4, -0.2) is 27.8 Å². The zero-order valence-electron chi connectivity index (χ0n) is 21.8. The number of nitrogens with zero attached hydrogens (tertiary/aromatic N) is 1. The minimum absolute atomic E-state index is 0.0135. The number of sulfonamides is 2. The Balaban J connectivity index is 1.50. The SMILES string of the molecule is Cc1ccc(NS(=O)(=O)c2ccc3c(c2)/C(=N\O)c2cc(S(=O)(=O)Nc4cc(C)ccc4C)ccc2-3)c(C)c1. The Labute approximate surface area is 228 Å². The van der Waals surface area contributed by atoms with E-state index in [1.54, 1.807) is 24.3 Å². The van der Waals surface area contributed by atoms with Gasteiger partial charge in [0.1, 0.15) is 5.71 Å². The number of nitrogens with one attached hydrogen (secondary N) is 2. The number of hydrogen-bond acceptors (Lipinski definition) is 6. The predicted octanol–water partition coefficient (Wildman–Crippen LogP) is 5.73. The van der Waals surface area contributed by atoms with Crippen LogP contribution in [0.15, 0.2) is 87.7 Å². The van der Waals surface area contributed by atoms with Gasteiger partial charge in [0, 0.05) is 11.1 Å². The largest absolute Gasteiger partial charge is 0.410 e. The molecule has 10 heteroatoms. The molecule has 0 aliphatic heterocycles. The van der Waals surface area contributed by atoms with Crippen LogP contribution in [0.25, 0.3) is 11.1 Å². The molecule has 4 aromatic rings. The lowest BCUT2D eigenvalue weighted by atomic mass is 10.1. The Bertz CT molecular complexity index is 1900. The summed E-state index contributed by atoms with van der Waals surface area (Å²) in [6.07, 6.45) is 0. The van der Waals surface area contributed by atoms with E-state index in [0.717, 1.165) is 22.3 Å². The van der Waals surface area contributed by atoms with E-state index in [-0.39, 0.29) is 15.5 Å². The quantitative estimate of drug-likeness (QED) is 0.180. The van der Waals surface area contributed by atoms with Crippen molar-refractivity contribution in [3.63, 3.8) is 0 Å². The second-order valence-electron chi connectivity index (χ2n) is 9.71. The predicted molar refractivity (Wildman–Crippen MR) is 153 cm³/mol. The summed E-state index contributed by atoms with van der Waals surface area (Å²) >= 11 is 0. The number of fused-ring (bicyclic) bond motifs is 3. The summed E-state index contributed by atoms with van der Waals surface area (Å²) in [6, 6.07) is 20.0. The minimum atomic E-state index is -3.96. The van der Waals surface area contributed by atoms with Gasteiger partial charge >= 0.3 is 0 Å². The Kier molecular flexibility index (Phi) is 6.48. The summed E-state index contributed by atoms with van der Waals surface area (Å²) < 4.78 is 58.2. The van der Waals surface area contributed by atoms with Crippen molar-refractivity contribution < 1.29 is 22.0 Å². The zero-order valence-corrected chi connectivity index (χ0v) is 23.4. The van der Waals surface area contributed by atoms with E-state index in [0.29, 0.717) is 33.6 Å². The van der Waals surface area contributed by atoms with Crippen LogP contribution in [0.5, 0.6) is 0 Å². The van der Waals surface area contributed by atoms with E-state index >= 15 is 0 Å². The Hall–Kier alpha value is -4.15. The lowest BCUT2D eigenvalue weighted by Gasteiger charge is -2.12. The second kappa shape index (κ2) is 9.55. The van der Waals surface area contributed by atoms with Crippen molar-refractivity contribution in [2.75, 3.05) is 9.44 Å². The first-order valence-electron chi connectivity index (χ1n) is 12.1. The molecule has 0 spiro atoms. The summed E-state index contributed by atoms with van der Waals surface area (Å²) in [5.74, 6) is 0. The fourth-order valence-corrected chi connectivity index (χ4v) is 6.98. The molecule has 0 bridgehead atoms. The third-order valence-corrected chi connectivity index (χ3v) is 9.49. The highest BCUT2D eigenvalue weighted by Crippen LogP contribution is 2.39. The zero-order chi connectivity index (χ0) is 28.1. The molecule has 0 amide bonds. The van der Waals surface area contributed by atoms with Gasteiger partial charge in [0.15, 0.2) is 0 Å². The molecule has 0 heterocycles. The molecule has 3 N–H and O–H groups in total. The van der Waals surface area contributed by atoms with Gasteiger partial charge in [-0.25, -0.2) is 16.8 Å². The maximum atomic E-state index is 13.2. The topological polar surface area (TPSA) is 125 Å². The average Bonchev–Trinajstić information content (AvgIpc) is 3.20. The molecule has 1 aliphatic carbocycles. The van der Waals surface area contributed by atoms with Crippen molar-refractivity contribution in [2.24, 2.45) is 5.16 Å². The highest BCUT2D eigenvalue weighted by Gasteiger charge is 2.30. The standard InChI is InChI=1S/C29H27N3O5S2/c1-17-6-12-27(20(4)13-17)31-38(34,35)21-8-10-23-24-11-9-22(16-26(24)29(30-33)25(23)15-21)39(36,37)32-28-14-18(2)5-7-19(28)3/h5-16,31-33H,1-4H3/b30-29+. The average molecular weight is 562 g/mol. The van der Waals surface area contributed by atoms with E-state index in [9.17, 15) is 22.0 Å². The summed E-state index contributed by atoms with van der Waals surface area (Å²) in [4.78, 5) is -0.0277. The highest BCUT2D eigenvalue weighted by molar-refractivity contribution is 7.93. The molecule has 0 unspecified atom stereocenters. The number of hydrogen-bond donors (Lipinski definition) is 3. The lowest BCUT2D eigenvalue weighted by molar-refractivity contribution is 0.320. The molecular weight excluding hydrogens is 534 g/mol. The molecule has 0 fully saturated rings. The molecular formula is C29H27N3O5S2. The molecule has 0 radical (unpaired) electrons. The van der Waals surface area contributed by atoms with Crippen LogP contribution in [-0.2, 0) is 20.0 Å². The van der Waals surface area contributed by atoms with Crippen molar-refractivity contribution >= 4 is 37.1 Å². The van der Waals surface area contributed by atoms with Crippen molar-refractivity contribution in [2.45, 2.75) is 37.5 Å². The van der Waals surface area contributed by atoms with Crippen molar-refractivity contribution in [3.8, 4) is 11.1 Å². The third-order valence-electron chi connectivity index (χ3n) is 6.77. The molecule has 200 valence electrons. The first-order chi connectivity index (χ1) is 18.4. The van der Waals surface area contributed by atoms with Crippen LogP contribution in [0.4, 0.5) is 11.4 Å². The number of anilines is 2. The first kappa shape index (κ1) is 26.5. The number of rotatable bonds is 6. The van der Waals surface area contributed by atoms with Gasteiger partial charge in [0.05, 0.1) is 21.2 Å². The number of aryl methyl sites for hydroxylation is 4. The van der Waals surface area contributed by atoms with Crippen molar-refractivity contribution in [1.82, 2.24) is 0 Å². The Morgan fingerprint density at radius 2 is 1.08 bits per heavy atom. The monoisotopic (exact) mass is 561 g/mol. The van der Waals surface area contributed by atoms with Gasteiger partial charge in [-0.3, -0.25) is 9.44 Å². The number of oxime groups is 1. The summed E-state index contributed by atoms with van der Waals surface area (Å²) in [7, 11) is -7.91. The van der Waals surface area contributed by atoms with Gasteiger partial charge in [0.2, 0.25) is 0 Å². The number of benzene rings is 4. The third kappa shape index (κ3) is 4.88. The summed E-state index contributed by atoms with van der Waals surface area (Å²) in [5, 5.41) is 13.3. The second-order valence-corrected chi connectivity index (χ2v) is 13.1. The molecule has 4 aromatic carbocycles.